The molecule has 1 amide bonds. The summed E-state index contributed by atoms with van der Waals surface area (Å²) in [4.78, 5) is 36.6. The number of aromatic amines is 2. The minimum atomic E-state index is -0.727. The highest BCUT2D eigenvalue weighted by Crippen LogP contribution is 2.35. The third kappa shape index (κ3) is 5.59. The Bertz CT molecular complexity index is 1150. The Hall–Kier alpha value is -3.52. The molecule has 1 atom stereocenters. The number of H-pyrrole nitrogens is 2. The minimum absolute atomic E-state index is 0.150. The number of amides is 1. The van der Waals surface area contributed by atoms with Gasteiger partial charge < -0.3 is 20.3 Å². The van der Waals surface area contributed by atoms with Gasteiger partial charge in [0.25, 0.3) is 5.56 Å². The molecule has 2 aromatic carbocycles. The predicted octanol–water partition coefficient (Wildman–Crippen LogP) is 3.05. The molecule has 0 aliphatic heterocycles. The first-order chi connectivity index (χ1) is 15.4. The lowest BCUT2D eigenvalue weighted by Gasteiger charge is -2.20. The van der Waals surface area contributed by atoms with E-state index in [2.05, 4.69) is 10.2 Å². The zero-order valence-electron chi connectivity index (χ0n) is 17.5. The summed E-state index contributed by atoms with van der Waals surface area (Å²) in [6.45, 7) is 2.10. The van der Waals surface area contributed by atoms with Crippen molar-refractivity contribution in [2.24, 2.45) is 5.73 Å². The van der Waals surface area contributed by atoms with Crippen molar-refractivity contribution < 1.29 is 19.1 Å². The Balaban J connectivity index is 1.99. The van der Waals surface area contributed by atoms with Gasteiger partial charge in [0, 0.05) is 34.1 Å². The maximum absolute atomic E-state index is 12.7. The van der Waals surface area contributed by atoms with Crippen LogP contribution in [0.5, 0.6) is 5.75 Å². The van der Waals surface area contributed by atoms with E-state index >= 15 is 0 Å². The summed E-state index contributed by atoms with van der Waals surface area (Å²) >= 11 is 6.22. The van der Waals surface area contributed by atoms with Crippen LogP contribution in [-0.4, -0.2) is 28.7 Å². The SMILES string of the molecule is CCOC(=O)Cc1[nH][nH]c(=O)c1[C@@H](CC(N)=O)c1ccccc1OCc1ccccc1Cl. The van der Waals surface area contributed by atoms with Gasteiger partial charge in [-0.25, -0.2) is 0 Å². The number of para-hydroxylation sites is 1. The first-order valence-electron chi connectivity index (χ1n) is 10.1. The van der Waals surface area contributed by atoms with Crippen molar-refractivity contribution in [2.45, 2.75) is 32.3 Å². The molecule has 4 N–H and O–H groups in total. The average Bonchev–Trinajstić information content (AvgIpc) is 3.11. The van der Waals surface area contributed by atoms with E-state index in [1.54, 1.807) is 37.3 Å². The number of carbonyl (C=O) groups excluding carboxylic acids is 2. The predicted molar refractivity (Wildman–Crippen MR) is 120 cm³/mol. The van der Waals surface area contributed by atoms with E-state index < -0.39 is 23.4 Å². The Morgan fingerprint density at radius 1 is 1.09 bits per heavy atom. The van der Waals surface area contributed by atoms with Crippen LogP contribution in [0, 0.1) is 0 Å². The summed E-state index contributed by atoms with van der Waals surface area (Å²) in [5.74, 6) is -1.35. The smallest absolute Gasteiger partial charge is 0.311 e. The van der Waals surface area contributed by atoms with Gasteiger partial charge in [0.05, 0.1) is 18.7 Å². The molecular formula is C23H24ClN3O5. The molecule has 1 heterocycles. The maximum Gasteiger partial charge on any atom is 0.311 e. The number of benzene rings is 2. The fraction of sp³-hybridized carbons (Fsp3) is 0.261. The fourth-order valence-electron chi connectivity index (χ4n) is 3.51. The monoisotopic (exact) mass is 457 g/mol. The normalized spacial score (nSPS) is 11.7. The lowest BCUT2D eigenvalue weighted by atomic mass is 9.87. The molecule has 32 heavy (non-hydrogen) atoms. The molecule has 0 unspecified atom stereocenters. The Kier molecular flexibility index (Phi) is 7.72. The number of hydrogen-bond acceptors (Lipinski definition) is 5. The third-order valence-electron chi connectivity index (χ3n) is 4.91. The van der Waals surface area contributed by atoms with E-state index in [-0.39, 0.29) is 31.6 Å². The second-order valence-corrected chi connectivity index (χ2v) is 7.50. The molecule has 3 rings (SSSR count). The van der Waals surface area contributed by atoms with Crippen molar-refractivity contribution >= 4 is 23.5 Å². The van der Waals surface area contributed by atoms with Crippen LogP contribution in [0.1, 0.15) is 41.6 Å². The Morgan fingerprint density at radius 3 is 2.53 bits per heavy atom. The number of esters is 1. The topological polar surface area (TPSA) is 127 Å². The number of carbonyl (C=O) groups is 2. The van der Waals surface area contributed by atoms with E-state index in [1.807, 2.05) is 18.2 Å². The van der Waals surface area contributed by atoms with Gasteiger partial charge in [-0.1, -0.05) is 48.0 Å². The van der Waals surface area contributed by atoms with Gasteiger partial charge in [0.15, 0.2) is 0 Å². The van der Waals surface area contributed by atoms with Crippen molar-refractivity contribution in [1.82, 2.24) is 10.2 Å². The molecule has 0 saturated carbocycles. The zero-order valence-corrected chi connectivity index (χ0v) is 18.3. The van der Waals surface area contributed by atoms with E-state index in [1.165, 1.54) is 0 Å². The fourth-order valence-corrected chi connectivity index (χ4v) is 3.70. The van der Waals surface area contributed by atoms with Crippen LogP contribution in [-0.2, 0) is 27.4 Å². The standard InChI is InChI=1S/C23H24ClN3O5/c1-2-31-21(29)12-18-22(23(30)27-26-18)16(11-20(25)28)15-8-4-6-10-19(15)32-13-14-7-3-5-9-17(14)24/h3-10,16H,2,11-13H2,1H3,(H2,25,28)(H2,26,27,30)/t16-/m0/s1. The highest BCUT2D eigenvalue weighted by Gasteiger charge is 2.28. The number of primary amides is 1. The summed E-state index contributed by atoms with van der Waals surface area (Å²) in [6, 6.07) is 14.4. The van der Waals surface area contributed by atoms with Crippen molar-refractivity contribution in [3.63, 3.8) is 0 Å². The van der Waals surface area contributed by atoms with Gasteiger partial charge in [-0.3, -0.25) is 19.5 Å². The van der Waals surface area contributed by atoms with Crippen molar-refractivity contribution in [2.75, 3.05) is 6.61 Å². The quantitative estimate of drug-likeness (QED) is 0.403. The Morgan fingerprint density at radius 2 is 1.81 bits per heavy atom. The molecule has 0 fully saturated rings. The van der Waals surface area contributed by atoms with Crippen LogP contribution in [0.3, 0.4) is 0 Å². The first-order valence-corrected chi connectivity index (χ1v) is 10.5. The number of rotatable bonds is 10. The molecule has 0 aliphatic rings. The number of nitrogens with two attached hydrogens (primary N) is 1. The molecule has 0 bridgehead atoms. The van der Waals surface area contributed by atoms with Gasteiger partial charge in [-0.2, -0.15) is 0 Å². The highest BCUT2D eigenvalue weighted by molar-refractivity contribution is 6.31. The van der Waals surface area contributed by atoms with Crippen molar-refractivity contribution in [1.29, 1.82) is 0 Å². The summed E-state index contributed by atoms with van der Waals surface area (Å²) in [5.41, 5.74) is 7.02. The molecule has 0 aliphatic carbocycles. The average molecular weight is 458 g/mol. The molecule has 9 heteroatoms. The highest BCUT2D eigenvalue weighted by atomic mass is 35.5. The molecule has 1 aromatic heterocycles. The molecular weight excluding hydrogens is 434 g/mol. The number of aromatic nitrogens is 2. The van der Waals surface area contributed by atoms with Crippen LogP contribution in [0.15, 0.2) is 53.3 Å². The van der Waals surface area contributed by atoms with Crippen LogP contribution >= 0.6 is 11.6 Å². The van der Waals surface area contributed by atoms with Gasteiger partial charge in [0.1, 0.15) is 12.4 Å². The third-order valence-corrected chi connectivity index (χ3v) is 5.28. The maximum atomic E-state index is 12.7. The van der Waals surface area contributed by atoms with Gasteiger partial charge in [-0.05, 0) is 19.1 Å². The molecule has 8 nitrogen and oxygen atoms in total. The number of halogens is 1. The van der Waals surface area contributed by atoms with E-state index in [9.17, 15) is 14.4 Å². The first kappa shape index (κ1) is 23.1. The van der Waals surface area contributed by atoms with Crippen LogP contribution in [0.2, 0.25) is 5.02 Å². The van der Waals surface area contributed by atoms with Gasteiger partial charge in [0.2, 0.25) is 5.91 Å². The van der Waals surface area contributed by atoms with Crippen LogP contribution in [0.4, 0.5) is 0 Å². The van der Waals surface area contributed by atoms with Crippen LogP contribution in [0.25, 0.3) is 0 Å². The Labute approximate surface area is 189 Å². The second-order valence-electron chi connectivity index (χ2n) is 7.09. The second kappa shape index (κ2) is 10.7. The van der Waals surface area contributed by atoms with Crippen molar-refractivity contribution in [3.05, 3.63) is 86.3 Å². The largest absolute Gasteiger partial charge is 0.489 e. The summed E-state index contributed by atoms with van der Waals surface area (Å²) < 4.78 is 11.0. The minimum Gasteiger partial charge on any atom is -0.489 e. The molecule has 0 spiro atoms. The summed E-state index contributed by atoms with van der Waals surface area (Å²) in [5, 5.41) is 5.78. The van der Waals surface area contributed by atoms with Gasteiger partial charge >= 0.3 is 5.97 Å². The zero-order chi connectivity index (χ0) is 23.1. The van der Waals surface area contributed by atoms with Crippen LogP contribution < -0.4 is 16.0 Å². The molecule has 168 valence electrons. The number of nitrogens with one attached hydrogen (secondary N) is 2. The van der Waals surface area contributed by atoms with E-state index in [0.717, 1.165) is 5.56 Å². The van der Waals surface area contributed by atoms with E-state index in [4.69, 9.17) is 26.8 Å². The number of hydrogen-bond donors (Lipinski definition) is 3. The van der Waals surface area contributed by atoms with Crippen molar-refractivity contribution in [3.8, 4) is 5.75 Å². The van der Waals surface area contributed by atoms with E-state index in [0.29, 0.717) is 22.0 Å². The lowest BCUT2D eigenvalue weighted by Crippen LogP contribution is -2.22. The van der Waals surface area contributed by atoms with Gasteiger partial charge in [-0.15, -0.1) is 0 Å². The lowest BCUT2D eigenvalue weighted by molar-refractivity contribution is -0.142. The molecule has 3 aromatic rings. The molecule has 0 radical (unpaired) electrons. The summed E-state index contributed by atoms with van der Waals surface area (Å²) in [6.07, 6.45) is -0.303. The number of ether oxygens (including phenoxy) is 2. The molecule has 0 saturated heterocycles. The summed E-state index contributed by atoms with van der Waals surface area (Å²) in [7, 11) is 0.